The highest BCUT2D eigenvalue weighted by atomic mass is 35.5. The monoisotopic (exact) mass is 565 g/mol. The number of anilines is 1. The van der Waals surface area contributed by atoms with Crippen LogP contribution in [0.25, 0.3) is 11.0 Å². The molecular formula is C29H29ClFN5O4. The van der Waals surface area contributed by atoms with Gasteiger partial charge in [0.15, 0.2) is 0 Å². The van der Waals surface area contributed by atoms with E-state index in [1.54, 1.807) is 36.4 Å². The molecule has 0 unspecified atom stereocenters. The molecule has 0 aliphatic carbocycles. The van der Waals surface area contributed by atoms with Crippen LogP contribution >= 0.6 is 11.6 Å². The summed E-state index contributed by atoms with van der Waals surface area (Å²) >= 11 is 5.84. The van der Waals surface area contributed by atoms with Gasteiger partial charge in [-0.3, -0.25) is 4.90 Å². The Balaban J connectivity index is 1.11. The van der Waals surface area contributed by atoms with E-state index in [0.717, 1.165) is 61.9 Å². The molecule has 40 heavy (non-hydrogen) atoms. The van der Waals surface area contributed by atoms with E-state index in [2.05, 4.69) is 19.4 Å². The van der Waals surface area contributed by atoms with Crippen molar-refractivity contribution in [2.45, 2.75) is 32.2 Å². The molecule has 0 spiro atoms. The van der Waals surface area contributed by atoms with Gasteiger partial charge in [0.1, 0.15) is 24.1 Å². The van der Waals surface area contributed by atoms with Gasteiger partial charge in [-0.15, -0.1) is 0 Å². The molecule has 6 rings (SSSR count). The molecule has 2 aliphatic heterocycles. The largest absolute Gasteiger partial charge is 0.478 e. The zero-order valence-corrected chi connectivity index (χ0v) is 22.6. The van der Waals surface area contributed by atoms with Gasteiger partial charge in [-0.2, -0.15) is 4.98 Å². The van der Waals surface area contributed by atoms with Crippen LogP contribution in [0.5, 0.6) is 5.88 Å². The Kier molecular flexibility index (Phi) is 7.55. The molecule has 4 heterocycles. The first kappa shape index (κ1) is 26.5. The molecule has 0 amide bonds. The normalized spacial score (nSPS) is 17.6. The summed E-state index contributed by atoms with van der Waals surface area (Å²) in [6, 6.07) is 15.2. The van der Waals surface area contributed by atoms with Gasteiger partial charge in [-0.05, 0) is 42.8 Å². The van der Waals surface area contributed by atoms with Crippen LogP contribution in [0.1, 0.15) is 28.2 Å². The van der Waals surface area contributed by atoms with Crippen LogP contribution < -0.4 is 9.64 Å². The average Bonchev–Trinajstić information content (AvgIpc) is 3.26. The van der Waals surface area contributed by atoms with Crippen molar-refractivity contribution in [2.75, 3.05) is 37.7 Å². The first-order valence-corrected chi connectivity index (χ1v) is 13.7. The molecule has 0 radical (unpaired) electrons. The van der Waals surface area contributed by atoms with Crippen molar-refractivity contribution in [3.63, 3.8) is 0 Å². The van der Waals surface area contributed by atoms with Gasteiger partial charge < -0.3 is 24.0 Å². The average molecular weight is 566 g/mol. The van der Waals surface area contributed by atoms with E-state index in [9.17, 15) is 14.3 Å². The number of carbonyl (C=O) groups is 1. The number of carboxylic acid groups (broad SMARTS) is 1. The predicted octanol–water partition coefficient (Wildman–Crippen LogP) is 4.61. The molecule has 2 aliphatic rings. The fourth-order valence-corrected chi connectivity index (χ4v) is 5.21. The summed E-state index contributed by atoms with van der Waals surface area (Å²) in [5.74, 6) is 0.791. The minimum atomic E-state index is -0.951. The molecule has 0 saturated carbocycles. The summed E-state index contributed by atoms with van der Waals surface area (Å²) in [6.45, 7) is 5.31. The Morgan fingerprint density at radius 3 is 2.65 bits per heavy atom. The van der Waals surface area contributed by atoms with Crippen molar-refractivity contribution in [3.8, 4) is 5.88 Å². The fraction of sp³-hybridized carbons (Fsp3) is 0.345. The lowest BCUT2D eigenvalue weighted by Crippen LogP contribution is -2.46. The molecule has 0 bridgehead atoms. The van der Waals surface area contributed by atoms with Crippen molar-refractivity contribution >= 4 is 34.4 Å². The molecule has 2 aromatic heterocycles. The Morgan fingerprint density at radius 1 is 1.10 bits per heavy atom. The standard InChI is InChI=1S/C29H29ClFN5O4/c30-21-6-4-20(23(31)15-21)18-40-28-3-1-2-26(33-28)35-11-9-34(10-12-35)17-27-32-24-7-5-19(29(37)38)14-25(24)36(27)16-22-8-13-39-22/h1-7,14-15,22H,8-13,16-18H2,(H,37,38)/t22-/m0/s1. The summed E-state index contributed by atoms with van der Waals surface area (Å²) in [7, 11) is 0. The Bertz CT molecular complexity index is 1530. The van der Waals surface area contributed by atoms with E-state index < -0.39 is 11.8 Å². The Labute approximate surface area is 235 Å². The van der Waals surface area contributed by atoms with Gasteiger partial charge in [0, 0.05) is 49.4 Å². The highest BCUT2D eigenvalue weighted by Gasteiger charge is 2.25. The quantitative estimate of drug-likeness (QED) is 0.314. The molecule has 11 heteroatoms. The van der Waals surface area contributed by atoms with Crippen LogP contribution in [-0.4, -0.2) is 69.4 Å². The van der Waals surface area contributed by atoms with E-state index in [-0.39, 0.29) is 18.3 Å². The number of aromatic nitrogens is 3. The fourth-order valence-electron chi connectivity index (χ4n) is 5.05. The second-order valence-electron chi connectivity index (χ2n) is 10.1. The van der Waals surface area contributed by atoms with Crippen molar-refractivity contribution in [2.24, 2.45) is 0 Å². The molecule has 208 valence electrons. The number of aromatic carboxylic acids is 1. The first-order chi connectivity index (χ1) is 19.4. The zero-order valence-electron chi connectivity index (χ0n) is 21.8. The topological polar surface area (TPSA) is 93.0 Å². The van der Waals surface area contributed by atoms with Gasteiger partial charge in [0.05, 0.1) is 35.8 Å². The molecule has 2 aromatic carbocycles. The van der Waals surface area contributed by atoms with Crippen LogP contribution in [0.15, 0.2) is 54.6 Å². The number of rotatable bonds is 9. The molecule has 1 atom stereocenters. The summed E-state index contributed by atoms with van der Waals surface area (Å²) in [4.78, 5) is 25.6. The number of benzene rings is 2. The third kappa shape index (κ3) is 5.74. The lowest BCUT2D eigenvalue weighted by molar-refractivity contribution is -0.0592. The van der Waals surface area contributed by atoms with Crippen LogP contribution in [0.2, 0.25) is 5.02 Å². The van der Waals surface area contributed by atoms with Gasteiger partial charge >= 0.3 is 5.97 Å². The van der Waals surface area contributed by atoms with E-state index in [1.807, 2.05) is 12.1 Å². The lowest BCUT2D eigenvalue weighted by atomic mass is 10.1. The van der Waals surface area contributed by atoms with E-state index >= 15 is 0 Å². The maximum absolute atomic E-state index is 14.1. The summed E-state index contributed by atoms with van der Waals surface area (Å²) < 4.78 is 27.7. The second-order valence-corrected chi connectivity index (χ2v) is 10.5. The van der Waals surface area contributed by atoms with Crippen LogP contribution in [0.4, 0.5) is 10.2 Å². The SMILES string of the molecule is O=C(O)c1ccc2nc(CN3CCN(c4cccc(OCc5ccc(Cl)cc5F)n4)CC3)n(C[C@@H]3CCO3)c2c1. The summed E-state index contributed by atoms with van der Waals surface area (Å²) in [6.07, 6.45) is 1.11. The third-order valence-electron chi connectivity index (χ3n) is 7.41. The van der Waals surface area contributed by atoms with Crippen molar-refractivity contribution in [1.29, 1.82) is 0 Å². The maximum atomic E-state index is 14.1. The number of hydrogen-bond acceptors (Lipinski definition) is 7. The minimum absolute atomic E-state index is 0.0636. The highest BCUT2D eigenvalue weighted by Crippen LogP contribution is 2.25. The first-order valence-electron chi connectivity index (χ1n) is 13.3. The number of nitrogens with zero attached hydrogens (tertiary/aromatic N) is 5. The van der Waals surface area contributed by atoms with Gasteiger partial charge in [0.2, 0.25) is 5.88 Å². The molecule has 9 nitrogen and oxygen atoms in total. The number of pyridine rings is 1. The van der Waals surface area contributed by atoms with E-state index in [1.165, 1.54) is 6.07 Å². The van der Waals surface area contributed by atoms with E-state index in [4.69, 9.17) is 26.1 Å². The van der Waals surface area contributed by atoms with Crippen molar-refractivity contribution < 1.29 is 23.8 Å². The number of ether oxygens (including phenoxy) is 2. The molecule has 2 fully saturated rings. The Morgan fingerprint density at radius 2 is 1.93 bits per heavy atom. The number of halogens is 2. The predicted molar refractivity (Wildman–Crippen MR) is 149 cm³/mol. The van der Waals surface area contributed by atoms with Crippen LogP contribution in [0.3, 0.4) is 0 Å². The number of piperazine rings is 1. The molecular weight excluding hydrogens is 537 g/mol. The minimum Gasteiger partial charge on any atom is -0.478 e. The molecule has 1 N–H and O–H groups in total. The summed E-state index contributed by atoms with van der Waals surface area (Å²) in [5.41, 5.74) is 2.28. The second kappa shape index (κ2) is 11.4. The summed E-state index contributed by atoms with van der Waals surface area (Å²) in [5, 5.41) is 9.83. The van der Waals surface area contributed by atoms with Gasteiger partial charge in [-0.25, -0.2) is 14.2 Å². The highest BCUT2D eigenvalue weighted by molar-refractivity contribution is 6.30. The Hall–Kier alpha value is -3.73. The van der Waals surface area contributed by atoms with Crippen LogP contribution in [-0.2, 0) is 24.4 Å². The number of carboxylic acids is 1. The van der Waals surface area contributed by atoms with Gasteiger partial charge in [-0.1, -0.05) is 23.7 Å². The van der Waals surface area contributed by atoms with Crippen molar-refractivity contribution in [1.82, 2.24) is 19.4 Å². The van der Waals surface area contributed by atoms with Crippen LogP contribution in [0, 0.1) is 5.82 Å². The van der Waals surface area contributed by atoms with Gasteiger partial charge in [0.25, 0.3) is 0 Å². The smallest absolute Gasteiger partial charge is 0.335 e. The number of hydrogen-bond donors (Lipinski definition) is 1. The van der Waals surface area contributed by atoms with E-state index in [0.29, 0.717) is 29.6 Å². The number of imidazole rings is 1. The zero-order chi connectivity index (χ0) is 27.6. The lowest BCUT2D eigenvalue weighted by Gasteiger charge is -2.35. The number of fused-ring (bicyclic) bond motifs is 1. The molecule has 4 aromatic rings. The van der Waals surface area contributed by atoms with Crippen molar-refractivity contribution in [3.05, 3.63) is 82.4 Å². The maximum Gasteiger partial charge on any atom is 0.335 e. The molecule has 2 saturated heterocycles. The third-order valence-corrected chi connectivity index (χ3v) is 7.65.